The largest absolute Gasteiger partial charge is 0.484 e. The molecule has 0 aromatic heterocycles. The highest BCUT2D eigenvalue weighted by Crippen LogP contribution is 2.27. The average molecular weight is 276 g/mol. The van der Waals surface area contributed by atoms with E-state index in [9.17, 15) is 0 Å². The van der Waals surface area contributed by atoms with Gasteiger partial charge in [0, 0.05) is 17.1 Å². The third-order valence-electron chi connectivity index (χ3n) is 3.22. The lowest BCUT2D eigenvalue weighted by Gasteiger charge is -2.19. The number of rotatable bonds is 4. The summed E-state index contributed by atoms with van der Waals surface area (Å²) in [5, 5.41) is 0.682. The number of ether oxygens (including phenoxy) is 1. The molecule has 0 saturated heterocycles. The topological polar surface area (TPSA) is 35.2 Å². The van der Waals surface area contributed by atoms with Gasteiger partial charge in [0.15, 0.2) is 0 Å². The monoisotopic (exact) mass is 275 g/mol. The van der Waals surface area contributed by atoms with Crippen LogP contribution in [-0.2, 0) is 0 Å². The van der Waals surface area contributed by atoms with Crippen molar-refractivity contribution in [2.24, 2.45) is 5.73 Å². The summed E-state index contributed by atoms with van der Waals surface area (Å²) in [5.74, 6) is 0.818. The summed E-state index contributed by atoms with van der Waals surface area (Å²) in [6.07, 6.45) is -0.226. The Morgan fingerprint density at radius 3 is 2.47 bits per heavy atom. The maximum Gasteiger partial charge on any atom is 0.137 e. The number of halogens is 1. The molecule has 0 aliphatic rings. The molecule has 0 aliphatic heterocycles. The Hall–Kier alpha value is -1.51. The molecular formula is C16H18ClNO. The van der Waals surface area contributed by atoms with Gasteiger partial charge in [-0.15, -0.1) is 0 Å². The average Bonchev–Trinajstić information content (AvgIpc) is 2.41. The molecule has 0 saturated carbocycles. The predicted octanol–water partition coefficient (Wildman–Crippen LogP) is 4.04. The van der Waals surface area contributed by atoms with E-state index in [4.69, 9.17) is 22.1 Å². The smallest absolute Gasteiger partial charge is 0.137 e. The van der Waals surface area contributed by atoms with E-state index in [1.807, 2.05) is 42.5 Å². The van der Waals surface area contributed by atoms with Gasteiger partial charge < -0.3 is 10.5 Å². The molecule has 2 nitrogen and oxygen atoms in total. The second-order valence-corrected chi connectivity index (χ2v) is 5.02. The molecule has 2 N–H and O–H groups in total. The Morgan fingerprint density at radius 1 is 1.11 bits per heavy atom. The lowest BCUT2D eigenvalue weighted by atomic mass is 10.1. The molecule has 19 heavy (non-hydrogen) atoms. The number of hydrogen-bond donors (Lipinski definition) is 1. The third kappa shape index (κ3) is 3.28. The van der Waals surface area contributed by atoms with Gasteiger partial charge in [-0.2, -0.15) is 0 Å². The molecular weight excluding hydrogens is 258 g/mol. The minimum absolute atomic E-state index is 0.226. The first kappa shape index (κ1) is 13.9. The fourth-order valence-electron chi connectivity index (χ4n) is 1.93. The van der Waals surface area contributed by atoms with E-state index in [0.717, 1.165) is 11.3 Å². The van der Waals surface area contributed by atoms with Crippen molar-refractivity contribution in [1.82, 2.24) is 0 Å². The number of hydrogen-bond acceptors (Lipinski definition) is 2. The van der Waals surface area contributed by atoms with E-state index in [2.05, 4.69) is 13.8 Å². The molecule has 1 atom stereocenters. The summed E-state index contributed by atoms with van der Waals surface area (Å²) in [6.45, 7) is 4.53. The van der Waals surface area contributed by atoms with Crippen molar-refractivity contribution >= 4 is 11.6 Å². The summed E-state index contributed by atoms with van der Waals surface area (Å²) >= 11 is 6.18. The van der Waals surface area contributed by atoms with Gasteiger partial charge >= 0.3 is 0 Å². The Bertz CT molecular complexity index is 568. The number of nitrogens with two attached hydrogens (primary N) is 1. The fraction of sp³-hybridized carbons (Fsp3) is 0.250. The molecule has 2 aromatic carbocycles. The zero-order valence-electron chi connectivity index (χ0n) is 11.2. The predicted molar refractivity (Wildman–Crippen MR) is 79.8 cm³/mol. The van der Waals surface area contributed by atoms with Crippen LogP contribution in [0.15, 0.2) is 42.5 Å². The molecule has 100 valence electrons. The van der Waals surface area contributed by atoms with Crippen LogP contribution in [0, 0.1) is 13.8 Å². The lowest BCUT2D eigenvalue weighted by Crippen LogP contribution is -2.18. The summed E-state index contributed by atoms with van der Waals surface area (Å²) in [4.78, 5) is 0. The SMILES string of the molecule is Cc1ccc(OC(CN)c2ccccc2Cl)cc1C. The molecule has 0 heterocycles. The van der Waals surface area contributed by atoms with Gasteiger partial charge in [-0.1, -0.05) is 35.9 Å². The molecule has 0 spiro atoms. The first-order valence-corrected chi connectivity index (χ1v) is 6.68. The van der Waals surface area contributed by atoms with Crippen LogP contribution < -0.4 is 10.5 Å². The molecule has 0 radical (unpaired) electrons. The lowest BCUT2D eigenvalue weighted by molar-refractivity contribution is 0.214. The van der Waals surface area contributed by atoms with E-state index >= 15 is 0 Å². The van der Waals surface area contributed by atoms with Crippen LogP contribution in [0.3, 0.4) is 0 Å². The normalized spacial score (nSPS) is 12.2. The number of benzene rings is 2. The minimum atomic E-state index is -0.226. The number of aryl methyl sites for hydroxylation is 2. The maximum atomic E-state index is 6.18. The highest BCUT2D eigenvalue weighted by atomic mass is 35.5. The summed E-state index contributed by atoms with van der Waals surface area (Å²) in [5.41, 5.74) is 9.17. The first-order valence-electron chi connectivity index (χ1n) is 6.30. The van der Waals surface area contributed by atoms with Crippen LogP contribution in [-0.4, -0.2) is 6.54 Å². The van der Waals surface area contributed by atoms with Crippen LogP contribution in [0.25, 0.3) is 0 Å². The van der Waals surface area contributed by atoms with Crippen molar-refractivity contribution in [1.29, 1.82) is 0 Å². The Balaban J connectivity index is 2.24. The van der Waals surface area contributed by atoms with Gasteiger partial charge in [-0.3, -0.25) is 0 Å². The Kier molecular flexibility index (Phi) is 4.46. The van der Waals surface area contributed by atoms with Gasteiger partial charge in [-0.25, -0.2) is 0 Å². The zero-order valence-corrected chi connectivity index (χ0v) is 11.9. The van der Waals surface area contributed by atoms with Gasteiger partial charge in [-0.05, 0) is 43.2 Å². The second-order valence-electron chi connectivity index (χ2n) is 4.61. The molecule has 0 fully saturated rings. The van der Waals surface area contributed by atoms with Crippen molar-refractivity contribution in [3.63, 3.8) is 0 Å². The van der Waals surface area contributed by atoms with Crippen molar-refractivity contribution in [3.8, 4) is 5.75 Å². The molecule has 2 rings (SSSR count). The van der Waals surface area contributed by atoms with Gasteiger partial charge in [0.25, 0.3) is 0 Å². The van der Waals surface area contributed by atoms with E-state index in [-0.39, 0.29) is 6.10 Å². The first-order chi connectivity index (χ1) is 9.11. The van der Waals surface area contributed by atoms with Crippen LogP contribution in [0.4, 0.5) is 0 Å². The standard InChI is InChI=1S/C16H18ClNO/c1-11-7-8-13(9-12(11)2)19-16(10-18)14-5-3-4-6-15(14)17/h3-9,16H,10,18H2,1-2H3. The van der Waals surface area contributed by atoms with Crippen LogP contribution in [0.2, 0.25) is 5.02 Å². The summed E-state index contributed by atoms with van der Waals surface area (Å²) < 4.78 is 5.96. The van der Waals surface area contributed by atoms with E-state index < -0.39 is 0 Å². The van der Waals surface area contributed by atoms with E-state index in [1.165, 1.54) is 11.1 Å². The second kappa shape index (κ2) is 6.09. The van der Waals surface area contributed by atoms with E-state index in [0.29, 0.717) is 11.6 Å². The van der Waals surface area contributed by atoms with E-state index in [1.54, 1.807) is 0 Å². The van der Waals surface area contributed by atoms with Crippen molar-refractivity contribution < 1.29 is 4.74 Å². The van der Waals surface area contributed by atoms with Crippen molar-refractivity contribution in [2.75, 3.05) is 6.54 Å². The summed E-state index contributed by atoms with van der Waals surface area (Å²) in [7, 11) is 0. The summed E-state index contributed by atoms with van der Waals surface area (Å²) in [6, 6.07) is 13.7. The quantitative estimate of drug-likeness (QED) is 0.914. The minimum Gasteiger partial charge on any atom is -0.484 e. The third-order valence-corrected chi connectivity index (χ3v) is 3.57. The molecule has 2 aromatic rings. The van der Waals surface area contributed by atoms with Crippen molar-refractivity contribution in [2.45, 2.75) is 20.0 Å². The van der Waals surface area contributed by atoms with Gasteiger partial charge in [0.05, 0.1) is 0 Å². The molecule has 0 aliphatic carbocycles. The zero-order chi connectivity index (χ0) is 13.8. The fourth-order valence-corrected chi connectivity index (χ4v) is 2.18. The molecule has 3 heteroatoms. The van der Waals surface area contributed by atoms with Gasteiger partial charge in [0.1, 0.15) is 11.9 Å². The van der Waals surface area contributed by atoms with Crippen LogP contribution in [0.5, 0.6) is 5.75 Å². The Labute approximate surface area is 119 Å². The van der Waals surface area contributed by atoms with Gasteiger partial charge in [0.2, 0.25) is 0 Å². The maximum absolute atomic E-state index is 6.18. The van der Waals surface area contributed by atoms with Crippen LogP contribution >= 0.6 is 11.6 Å². The molecule has 0 bridgehead atoms. The van der Waals surface area contributed by atoms with Crippen LogP contribution in [0.1, 0.15) is 22.8 Å². The molecule has 0 amide bonds. The van der Waals surface area contributed by atoms with Crippen molar-refractivity contribution in [3.05, 3.63) is 64.2 Å². The Morgan fingerprint density at radius 2 is 1.84 bits per heavy atom. The highest BCUT2D eigenvalue weighted by Gasteiger charge is 2.14. The molecule has 1 unspecified atom stereocenters. The highest BCUT2D eigenvalue weighted by molar-refractivity contribution is 6.31.